The topological polar surface area (TPSA) is 35.5 Å². The molecular weight excluding hydrogens is 168 g/mol. The summed E-state index contributed by atoms with van der Waals surface area (Å²) in [5.74, 6) is 0.0160. The fourth-order valence-electron chi connectivity index (χ4n) is 0.957. The molecule has 0 aromatic carbocycles. The first-order chi connectivity index (χ1) is 5.19. The third-order valence-electron chi connectivity index (χ3n) is 1.80. The van der Waals surface area contributed by atoms with Crippen LogP contribution in [0.4, 0.5) is 0 Å². The quantitative estimate of drug-likeness (QED) is 0.587. The predicted molar refractivity (Wildman–Crippen MR) is 40.6 cm³/mol. The number of carbonyl (C=O) groups excluding carboxylic acids is 1. The van der Waals surface area contributed by atoms with Crippen molar-refractivity contribution in [1.82, 2.24) is 0 Å². The molecule has 1 heterocycles. The first-order valence-corrected chi connectivity index (χ1v) is 3.97. The van der Waals surface area contributed by atoms with Crippen LogP contribution in [0.2, 0.25) is 0 Å². The lowest BCUT2D eigenvalue weighted by Gasteiger charge is -2.30. The normalized spacial score (nSPS) is 23.1. The highest BCUT2D eigenvalue weighted by atomic mass is 35.5. The number of rotatable bonds is 2. The van der Waals surface area contributed by atoms with Crippen LogP contribution >= 0.6 is 11.6 Å². The number of alkyl halides is 1. The van der Waals surface area contributed by atoms with Crippen molar-refractivity contribution in [2.75, 3.05) is 25.9 Å². The van der Waals surface area contributed by atoms with E-state index in [1.165, 1.54) is 0 Å². The van der Waals surface area contributed by atoms with Gasteiger partial charge in [0.05, 0.1) is 24.5 Å². The van der Waals surface area contributed by atoms with Crippen LogP contribution in [0.3, 0.4) is 0 Å². The van der Waals surface area contributed by atoms with Crippen molar-refractivity contribution in [3.05, 3.63) is 0 Å². The Morgan fingerprint density at radius 3 is 2.55 bits per heavy atom. The molecule has 64 valence electrons. The summed E-state index contributed by atoms with van der Waals surface area (Å²) in [7, 11) is 0. The Morgan fingerprint density at radius 1 is 1.55 bits per heavy atom. The summed E-state index contributed by atoms with van der Waals surface area (Å²) in [5, 5.41) is 0. The molecule has 1 rings (SSSR count). The molecule has 0 saturated carbocycles. The monoisotopic (exact) mass is 178 g/mol. The minimum Gasteiger partial charge on any atom is -0.354 e. The van der Waals surface area contributed by atoms with Crippen LogP contribution in [-0.4, -0.2) is 31.7 Å². The zero-order chi connectivity index (χ0) is 8.32. The summed E-state index contributed by atoms with van der Waals surface area (Å²) in [6, 6.07) is 0. The van der Waals surface area contributed by atoms with E-state index in [0.29, 0.717) is 13.2 Å². The third-order valence-corrected chi connectivity index (χ3v) is 2.05. The lowest BCUT2D eigenvalue weighted by atomic mass is 9.88. The zero-order valence-electron chi connectivity index (χ0n) is 6.43. The molecule has 0 bridgehead atoms. The second-order valence-corrected chi connectivity index (χ2v) is 3.20. The summed E-state index contributed by atoms with van der Waals surface area (Å²) in [4.78, 5) is 11.2. The Kier molecular flexibility index (Phi) is 2.87. The summed E-state index contributed by atoms with van der Waals surface area (Å²) in [6.45, 7) is 2.92. The number of ketones is 1. The molecule has 0 aromatic rings. The van der Waals surface area contributed by atoms with Crippen molar-refractivity contribution in [2.45, 2.75) is 6.92 Å². The van der Waals surface area contributed by atoms with Crippen molar-refractivity contribution in [2.24, 2.45) is 5.41 Å². The number of carbonyl (C=O) groups is 1. The molecule has 0 aliphatic carbocycles. The highest BCUT2D eigenvalue weighted by Gasteiger charge is 2.35. The average Bonchev–Trinajstić information content (AvgIpc) is 2.04. The molecule has 0 N–H and O–H groups in total. The molecule has 0 atom stereocenters. The van der Waals surface area contributed by atoms with Gasteiger partial charge in [-0.3, -0.25) is 4.79 Å². The van der Waals surface area contributed by atoms with Gasteiger partial charge in [-0.25, -0.2) is 0 Å². The molecule has 0 radical (unpaired) electrons. The molecule has 1 aliphatic rings. The van der Waals surface area contributed by atoms with Crippen LogP contribution in [0, 0.1) is 5.41 Å². The second kappa shape index (κ2) is 3.52. The van der Waals surface area contributed by atoms with Gasteiger partial charge in [0, 0.05) is 0 Å². The Bertz CT molecular complexity index is 152. The molecule has 1 aliphatic heterocycles. The van der Waals surface area contributed by atoms with E-state index in [-0.39, 0.29) is 18.5 Å². The van der Waals surface area contributed by atoms with Crippen LogP contribution in [-0.2, 0) is 14.3 Å². The van der Waals surface area contributed by atoms with Gasteiger partial charge in [-0.15, -0.1) is 11.6 Å². The van der Waals surface area contributed by atoms with E-state index < -0.39 is 5.41 Å². The van der Waals surface area contributed by atoms with Gasteiger partial charge in [0.15, 0.2) is 5.78 Å². The largest absolute Gasteiger partial charge is 0.354 e. The lowest BCUT2D eigenvalue weighted by molar-refractivity contribution is -0.170. The first kappa shape index (κ1) is 8.97. The molecule has 3 nitrogen and oxygen atoms in total. The Labute approximate surface area is 70.6 Å². The highest BCUT2D eigenvalue weighted by molar-refractivity contribution is 6.28. The Hall–Kier alpha value is -0.120. The van der Waals surface area contributed by atoms with Gasteiger partial charge in [0.1, 0.15) is 6.79 Å². The van der Waals surface area contributed by atoms with Crippen LogP contribution < -0.4 is 0 Å². The molecule has 0 spiro atoms. The van der Waals surface area contributed by atoms with Crippen LogP contribution in [0.25, 0.3) is 0 Å². The van der Waals surface area contributed by atoms with E-state index in [1.54, 1.807) is 6.92 Å². The van der Waals surface area contributed by atoms with Crippen molar-refractivity contribution in [3.63, 3.8) is 0 Å². The first-order valence-electron chi connectivity index (χ1n) is 3.44. The lowest BCUT2D eigenvalue weighted by Crippen LogP contribution is -2.42. The number of halogens is 1. The van der Waals surface area contributed by atoms with Crippen LogP contribution in [0.5, 0.6) is 0 Å². The zero-order valence-corrected chi connectivity index (χ0v) is 7.19. The minimum atomic E-state index is -0.528. The van der Waals surface area contributed by atoms with Gasteiger partial charge in [-0.05, 0) is 6.92 Å². The van der Waals surface area contributed by atoms with Gasteiger partial charge in [0.2, 0.25) is 0 Å². The van der Waals surface area contributed by atoms with Gasteiger partial charge in [0.25, 0.3) is 0 Å². The molecule has 1 fully saturated rings. The summed E-state index contributed by atoms with van der Waals surface area (Å²) in [5.41, 5.74) is -0.528. The van der Waals surface area contributed by atoms with Gasteiger partial charge < -0.3 is 9.47 Å². The third kappa shape index (κ3) is 1.92. The minimum absolute atomic E-state index is 0.0149. The fraction of sp³-hybridized carbons (Fsp3) is 0.857. The van der Waals surface area contributed by atoms with Crippen LogP contribution in [0.15, 0.2) is 0 Å². The number of ether oxygens (including phenoxy) is 2. The van der Waals surface area contributed by atoms with Gasteiger partial charge in [-0.2, -0.15) is 0 Å². The number of hydrogen-bond donors (Lipinski definition) is 0. The molecule has 0 unspecified atom stereocenters. The van der Waals surface area contributed by atoms with E-state index in [1.807, 2.05) is 0 Å². The highest BCUT2D eigenvalue weighted by Crippen LogP contribution is 2.22. The molecule has 0 aromatic heterocycles. The molecule has 1 saturated heterocycles. The average molecular weight is 179 g/mol. The molecule has 0 amide bonds. The number of Topliss-reactive ketones (excluding diaryl/α,β-unsaturated/α-hetero) is 1. The van der Waals surface area contributed by atoms with Gasteiger partial charge in [-0.1, -0.05) is 0 Å². The van der Waals surface area contributed by atoms with E-state index in [2.05, 4.69) is 0 Å². The molecular formula is C7H11ClO3. The number of hydrogen-bond acceptors (Lipinski definition) is 3. The smallest absolute Gasteiger partial charge is 0.158 e. The summed E-state index contributed by atoms with van der Waals surface area (Å²) in [6.07, 6.45) is 0. The van der Waals surface area contributed by atoms with E-state index in [0.717, 1.165) is 0 Å². The van der Waals surface area contributed by atoms with Crippen molar-refractivity contribution in [3.8, 4) is 0 Å². The maximum Gasteiger partial charge on any atom is 0.158 e. The Morgan fingerprint density at radius 2 is 2.09 bits per heavy atom. The van der Waals surface area contributed by atoms with E-state index >= 15 is 0 Å². The predicted octanol–water partition coefficient (Wildman–Crippen LogP) is 0.805. The van der Waals surface area contributed by atoms with Crippen molar-refractivity contribution in [1.29, 1.82) is 0 Å². The van der Waals surface area contributed by atoms with E-state index in [4.69, 9.17) is 21.1 Å². The summed E-state index contributed by atoms with van der Waals surface area (Å²) >= 11 is 5.41. The maximum absolute atomic E-state index is 11.2. The molecule has 11 heavy (non-hydrogen) atoms. The SMILES string of the molecule is CC1(C(=O)CCl)COCOC1. The van der Waals surface area contributed by atoms with Crippen molar-refractivity contribution < 1.29 is 14.3 Å². The maximum atomic E-state index is 11.2. The Balaban J connectivity index is 2.56. The second-order valence-electron chi connectivity index (χ2n) is 2.93. The molecule has 4 heteroatoms. The van der Waals surface area contributed by atoms with Gasteiger partial charge >= 0.3 is 0 Å². The summed E-state index contributed by atoms with van der Waals surface area (Å²) < 4.78 is 10.0. The van der Waals surface area contributed by atoms with E-state index in [9.17, 15) is 4.79 Å². The fourth-order valence-corrected chi connectivity index (χ4v) is 1.28. The van der Waals surface area contributed by atoms with Crippen LogP contribution in [0.1, 0.15) is 6.92 Å². The standard InChI is InChI=1S/C7H11ClO3/c1-7(6(9)2-8)3-10-5-11-4-7/h2-5H2,1H3. The van der Waals surface area contributed by atoms with Crippen molar-refractivity contribution >= 4 is 17.4 Å².